The fourth-order valence-electron chi connectivity index (χ4n) is 6.43. The minimum atomic E-state index is -0.998. The smallest absolute Gasteiger partial charge is 0.252 e. The van der Waals surface area contributed by atoms with Gasteiger partial charge < -0.3 is 26.0 Å². The van der Waals surface area contributed by atoms with E-state index >= 15 is 0 Å². The molecule has 2 aromatic carbocycles. The SMILES string of the molecule is CC(C)C[C@H]1COc2ccc(cc2)C[C@H](NC(=O)c2ccncc2)C(=O)N[C@H](C)C(=O)N[C@H](Cc2ccccc2)c2nc(CC3CC3)nn2CC(=O)N1. The zero-order valence-electron chi connectivity index (χ0n) is 30.5. The zero-order valence-corrected chi connectivity index (χ0v) is 30.5. The number of carbonyl (C=O) groups excluding carboxylic acids is 4. The Labute approximate surface area is 309 Å². The molecule has 7 rings (SSSR count). The highest BCUT2D eigenvalue weighted by Gasteiger charge is 2.31. The van der Waals surface area contributed by atoms with Gasteiger partial charge >= 0.3 is 0 Å². The molecule has 1 aliphatic carbocycles. The third-order valence-electron chi connectivity index (χ3n) is 9.37. The number of fused-ring (bicyclic) bond motifs is 14. The molecule has 13 nitrogen and oxygen atoms in total. The maximum atomic E-state index is 13.9. The number of benzene rings is 2. The Morgan fingerprint density at radius 3 is 2.36 bits per heavy atom. The van der Waals surface area contributed by atoms with Crippen LogP contribution in [0.5, 0.6) is 5.75 Å². The molecule has 2 bridgehead atoms. The van der Waals surface area contributed by atoms with Crippen LogP contribution in [0, 0.1) is 11.8 Å². The fourth-order valence-corrected chi connectivity index (χ4v) is 6.43. The third kappa shape index (κ3) is 10.7. The summed E-state index contributed by atoms with van der Waals surface area (Å²) in [6.07, 6.45) is 7.15. The lowest BCUT2D eigenvalue weighted by molar-refractivity contribution is -0.130. The highest BCUT2D eigenvalue weighted by Crippen LogP contribution is 2.32. The number of aromatic nitrogens is 4. The Morgan fingerprint density at radius 1 is 0.925 bits per heavy atom. The van der Waals surface area contributed by atoms with E-state index in [1.165, 1.54) is 12.4 Å². The van der Waals surface area contributed by atoms with Crippen LogP contribution in [0.2, 0.25) is 0 Å². The zero-order chi connectivity index (χ0) is 37.3. The first-order valence-corrected chi connectivity index (χ1v) is 18.4. The van der Waals surface area contributed by atoms with Crippen LogP contribution in [0.15, 0.2) is 79.1 Å². The average molecular weight is 721 g/mol. The van der Waals surface area contributed by atoms with Gasteiger partial charge in [0, 0.05) is 30.8 Å². The summed E-state index contributed by atoms with van der Waals surface area (Å²) >= 11 is 0. The van der Waals surface area contributed by atoms with Gasteiger partial charge in [-0.2, -0.15) is 5.10 Å². The molecule has 1 fully saturated rings. The van der Waals surface area contributed by atoms with E-state index < -0.39 is 35.8 Å². The predicted octanol–water partition coefficient (Wildman–Crippen LogP) is 3.49. The lowest BCUT2D eigenvalue weighted by Crippen LogP contribution is -2.54. The van der Waals surface area contributed by atoms with Crippen LogP contribution < -0.4 is 26.0 Å². The molecule has 0 unspecified atom stereocenters. The lowest BCUT2D eigenvalue weighted by Gasteiger charge is -2.25. The van der Waals surface area contributed by atoms with Crippen LogP contribution in [0.25, 0.3) is 0 Å². The Hall–Kier alpha value is -5.59. The summed E-state index contributed by atoms with van der Waals surface area (Å²) in [6, 6.07) is 17.2. The Balaban J connectivity index is 1.33. The highest BCUT2D eigenvalue weighted by molar-refractivity contribution is 5.98. The van der Waals surface area contributed by atoms with Crippen LogP contribution in [0.3, 0.4) is 0 Å². The van der Waals surface area contributed by atoms with Crippen molar-refractivity contribution in [1.29, 1.82) is 0 Å². The second-order valence-corrected chi connectivity index (χ2v) is 14.5. The van der Waals surface area contributed by atoms with Gasteiger partial charge in [0.2, 0.25) is 17.7 Å². The van der Waals surface area contributed by atoms with Gasteiger partial charge in [0.25, 0.3) is 5.91 Å². The van der Waals surface area contributed by atoms with Crippen molar-refractivity contribution >= 4 is 23.6 Å². The molecule has 4 aromatic rings. The predicted molar refractivity (Wildman–Crippen MR) is 198 cm³/mol. The number of carbonyl (C=O) groups is 4. The minimum absolute atomic E-state index is 0.0946. The van der Waals surface area contributed by atoms with Gasteiger partial charge in [0.15, 0.2) is 11.6 Å². The van der Waals surface area contributed by atoms with Gasteiger partial charge in [0.1, 0.15) is 31.0 Å². The van der Waals surface area contributed by atoms with Crippen molar-refractivity contribution in [3.05, 3.63) is 107 Å². The van der Waals surface area contributed by atoms with Crippen molar-refractivity contribution in [1.82, 2.24) is 41.0 Å². The molecule has 2 aromatic heterocycles. The Morgan fingerprint density at radius 2 is 1.66 bits per heavy atom. The summed E-state index contributed by atoms with van der Waals surface area (Å²) in [5, 5.41) is 16.7. The highest BCUT2D eigenvalue weighted by atomic mass is 16.5. The molecule has 278 valence electrons. The third-order valence-corrected chi connectivity index (χ3v) is 9.37. The number of hydrogen-bond acceptors (Lipinski definition) is 8. The lowest BCUT2D eigenvalue weighted by atomic mass is 10.0. The number of ether oxygens (including phenoxy) is 1. The number of pyridine rings is 1. The van der Waals surface area contributed by atoms with E-state index in [1.807, 2.05) is 42.5 Å². The summed E-state index contributed by atoms with van der Waals surface area (Å²) in [6.45, 7) is 5.93. The number of rotatable bonds is 8. The van der Waals surface area contributed by atoms with Crippen molar-refractivity contribution in [3.8, 4) is 5.75 Å². The second-order valence-electron chi connectivity index (χ2n) is 14.5. The molecule has 1 saturated carbocycles. The normalized spacial score (nSPS) is 21.5. The molecule has 4 heterocycles. The molecule has 2 aliphatic heterocycles. The Kier molecular flexibility index (Phi) is 12.1. The fraction of sp³-hybridized carbons (Fsp3) is 0.425. The molecule has 4 amide bonds. The van der Waals surface area contributed by atoms with Crippen molar-refractivity contribution in [2.75, 3.05) is 6.61 Å². The van der Waals surface area contributed by atoms with Gasteiger partial charge in [-0.25, -0.2) is 9.67 Å². The summed E-state index contributed by atoms with van der Waals surface area (Å²) in [5.74, 6) is 0.829. The summed E-state index contributed by atoms with van der Waals surface area (Å²) in [4.78, 5) is 63.6. The van der Waals surface area contributed by atoms with Gasteiger partial charge in [-0.05, 0) is 79.8 Å². The maximum absolute atomic E-state index is 13.9. The van der Waals surface area contributed by atoms with E-state index in [1.54, 1.807) is 35.9 Å². The van der Waals surface area contributed by atoms with Crippen LogP contribution in [-0.2, 0) is 40.2 Å². The van der Waals surface area contributed by atoms with Crippen molar-refractivity contribution in [2.45, 2.75) is 90.0 Å². The summed E-state index contributed by atoms with van der Waals surface area (Å²) in [5.41, 5.74) is 2.08. The molecule has 0 radical (unpaired) electrons. The van der Waals surface area contributed by atoms with Crippen LogP contribution in [0.4, 0.5) is 0 Å². The summed E-state index contributed by atoms with van der Waals surface area (Å²) in [7, 11) is 0. The minimum Gasteiger partial charge on any atom is -0.491 e. The number of hydrogen-bond donors (Lipinski definition) is 4. The first-order chi connectivity index (χ1) is 25.6. The van der Waals surface area contributed by atoms with Crippen molar-refractivity contribution in [3.63, 3.8) is 0 Å². The number of nitrogens with zero attached hydrogens (tertiary/aromatic N) is 4. The maximum Gasteiger partial charge on any atom is 0.252 e. The Bertz CT molecular complexity index is 1860. The average Bonchev–Trinajstić information content (AvgIpc) is 3.88. The van der Waals surface area contributed by atoms with Gasteiger partial charge in [-0.3, -0.25) is 24.2 Å². The molecule has 13 heteroatoms. The van der Waals surface area contributed by atoms with Gasteiger partial charge in [-0.1, -0.05) is 56.3 Å². The first-order valence-electron chi connectivity index (χ1n) is 18.4. The number of nitrogens with one attached hydrogen (secondary N) is 4. The van der Waals surface area contributed by atoms with Gasteiger partial charge in [-0.15, -0.1) is 0 Å². The monoisotopic (exact) mass is 720 g/mol. The van der Waals surface area contributed by atoms with E-state index in [9.17, 15) is 19.2 Å². The van der Waals surface area contributed by atoms with E-state index in [-0.39, 0.29) is 31.5 Å². The van der Waals surface area contributed by atoms with Crippen molar-refractivity contribution < 1.29 is 23.9 Å². The summed E-state index contributed by atoms with van der Waals surface area (Å²) < 4.78 is 7.75. The van der Waals surface area contributed by atoms with Crippen LogP contribution >= 0.6 is 0 Å². The topological polar surface area (TPSA) is 169 Å². The van der Waals surface area contributed by atoms with Crippen molar-refractivity contribution in [2.24, 2.45) is 11.8 Å². The molecular weight excluding hydrogens is 672 g/mol. The largest absolute Gasteiger partial charge is 0.491 e. The van der Waals surface area contributed by atoms with E-state index in [0.717, 1.165) is 24.0 Å². The molecule has 4 N–H and O–H groups in total. The standard InChI is InChI=1S/C40H48N8O5/c1-25(2)19-31-24-53-32-13-11-28(12-14-32)21-34(45-39(51)30-15-17-41-18-16-30)40(52)42-26(3)38(50)44-33(20-27-7-5-4-6-8-27)37-46-35(22-29-9-10-29)47-48(37)23-36(49)43-31/h4-8,11-18,25-26,29,31,33-34H,9-10,19-24H2,1-3H3,(H,42,52)(H,43,49)(H,44,50)(H,45,51)/t26-,31+,33-,34+/m1/s1. The second kappa shape index (κ2) is 17.3. The molecular formula is C40H48N8O5. The molecule has 4 atom stereocenters. The van der Waals surface area contributed by atoms with Gasteiger partial charge in [0.05, 0.1) is 12.1 Å². The van der Waals surface area contributed by atoms with Crippen LogP contribution in [0.1, 0.15) is 79.2 Å². The quantitative estimate of drug-likeness (QED) is 0.215. The molecule has 0 saturated heterocycles. The molecule has 3 aliphatic rings. The van der Waals surface area contributed by atoms with E-state index in [0.29, 0.717) is 54.1 Å². The van der Waals surface area contributed by atoms with E-state index in [4.69, 9.17) is 14.8 Å². The van der Waals surface area contributed by atoms with E-state index in [2.05, 4.69) is 40.1 Å². The molecule has 53 heavy (non-hydrogen) atoms. The first kappa shape index (κ1) is 37.2. The number of amides is 4. The van der Waals surface area contributed by atoms with Crippen LogP contribution in [-0.4, -0.2) is 68.1 Å². The molecule has 0 spiro atoms.